The Bertz CT molecular complexity index is 383. The van der Waals surface area contributed by atoms with Gasteiger partial charge in [-0.1, -0.05) is 48.6 Å². The van der Waals surface area contributed by atoms with E-state index in [1.165, 1.54) is 11.1 Å². The second-order valence-electron chi connectivity index (χ2n) is 3.30. The second kappa shape index (κ2) is 10.6. The van der Waals surface area contributed by atoms with E-state index in [-0.39, 0.29) is 0 Å². The highest BCUT2D eigenvalue weighted by Gasteiger charge is 1.93. The number of hydrogen-bond acceptors (Lipinski definition) is 1. The molecule has 0 aliphatic carbocycles. The molecular weight excluding hydrogens is 206 g/mol. The molecule has 1 aromatic rings. The molecule has 0 saturated heterocycles. The van der Waals surface area contributed by atoms with Crippen molar-refractivity contribution in [1.29, 1.82) is 0 Å². The molecule has 90 valence electrons. The summed E-state index contributed by atoms with van der Waals surface area (Å²) >= 11 is 0. The molecule has 0 bridgehead atoms. The molecule has 1 rings (SSSR count). The minimum absolute atomic E-state index is 1.18. The fraction of sp³-hybridized carbons (Fsp3) is 0.188. The van der Waals surface area contributed by atoms with Crippen LogP contribution in [0.5, 0.6) is 0 Å². The number of nitrogens with zero attached hydrogens (tertiary/aromatic N) is 1. The Balaban J connectivity index is 0.000000770. The first-order valence-corrected chi connectivity index (χ1v) is 5.67. The van der Waals surface area contributed by atoms with Crippen LogP contribution in [0, 0.1) is 0 Å². The summed E-state index contributed by atoms with van der Waals surface area (Å²) in [5.41, 5.74) is 2.39. The minimum Gasteiger partial charge on any atom is -0.296 e. The summed E-state index contributed by atoms with van der Waals surface area (Å²) in [6, 6.07) is 10.3. The van der Waals surface area contributed by atoms with E-state index >= 15 is 0 Å². The maximum atomic E-state index is 3.95. The van der Waals surface area contributed by atoms with Gasteiger partial charge < -0.3 is 0 Å². The topological polar surface area (TPSA) is 12.4 Å². The molecule has 1 nitrogen and oxygen atoms in total. The number of rotatable bonds is 3. The number of allylic oxidation sites excluding steroid dienone is 5. The molecule has 0 amide bonds. The molecule has 0 aliphatic heterocycles. The molecular formula is C16H21N. The van der Waals surface area contributed by atoms with Crippen LogP contribution in [0.25, 0.3) is 5.57 Å². The van der Waals surface area contributed by atoms with Crippen molar-refractivity contribution in [3.8, 4) is 0 Å². The number of aliphatic imine (C=N–C) groups is 1. The molecule has 0 aromatic heterocycles. The summed E-state index contributed by atoms with van der Waals surface area (Å²) in [5.74, 6) is 0. The van der Waals surface area contributed by atoms with Crippen molar-refractivity contribution in [3.05, 3.63) is 66.8 Å². The maximum Gasteiger partial charge on any atom is 0.0277 e. The highest BCUT2D eigenvalue weighted by Crippen LogP contribution is 2.14. The van der Waals surface area contributed by atoms with Gasteiger partial charge in [-0.15, -0.1) is 6.58 Å². The third-order valence-corrected chi connectivity index (χ3v) is 1.86. The van der Waals surface area contributed by atoms with Crippen LogP contribution in [0.4, 0.5) is 0 Å². The first-order chi connectivity index (χ1) is 8.29. The van der Waals surface area contributed by atoms with E-state index in [0.29, 0.717) is 0 Å². The molecule has 0 spiro atoms. The second-order valence-corrected chi connectivity index (χ2v) is 3.30. The predicted octanol–water partition coefficient (Wildman–Crippen LogP) is 4.54. The van der Waals surface area contributed by atoms with Crippen LogP contribution in [0.3, 0.4) is 0 Å². The predicted molar refractivity (Wildman–Crippen MR) is 79.5 cm³/mol. The molecule has 17 heavy (non-hydrogen) atoms. The summed E-state index contributed by atoms with van der Waals surface area (Å²) < 4.78 is 0. The van der Waals surface area contributed by atoms with Crippen LogP contribution in [-0.4, -0.2) is 13.3 Å². The van der Waals surface area contributed by atoms with Gasteiger partial charge in [0, 0.05) is 13.3 Å². The third kappa shape index (κ3) is 7.07. The Kier molecular flexibility index (Phi) is 9.44. The van der Waals surface area contributed by atoms with Crippen molar-refractivity contribution < 1.29 is 0 Å². The van der Waals surface area contributed by atoms with Crippen LogP contribution in [0.15, 0.2) is 66.2 Å². The van der Waals surface area contributed by atoms with E-state index in [0.717, 1.165) is 0 Å². The van der Waals surface area contributed by atoms with E-state index in [1.807, 2.05) is 50.4 Å². The normalized spacial score (nSPS) is 11.4. The Morgan fingerprint density at radius 3 is 2.24 bits per heavy atom. The monoisotopic (exact) mass is 227 g/mol. The average molecular weight is 227 g/mol. The fourth-order valence-corrected chi connectivity index (χ4v) is 1.21. The molecule has 1 aromatic carbocycles. The van der Waals surface area contributed by atoms with Gasteiger partial charge in [-0.25, -0.2) is 0 Å². The van der Waals surface area contributed by atoms with E-state index in [4.69, 9.17) is 0 Å². The summed E-state index contributed by atoms with van der Waals surface area (Å²) in [6.07, 6.45) is 9.68. The van der Waals surface area contributed by atoms with Gasteiger partial charge in [-0.2, -0.15) is 0 Å². The summed E-state index contributed by atoms with van der Waals surface area (Å²) in [6.45, 7) is 7.26. The molecule has 0 heterocycles. The SMILES string of the molecule is C/C=C\C(=C/C=NC)c1ccccc1.C=CC. The average Bonchev–Trinajstić information content (AvgIpc) is 2.36. The lowest BCUT2D eigenvalue weighted by Gasteiger charge is -1.99. The van der Waals surface area contributed by atoms with Gasteiger partial charge in [0.25, 0.3) is 0 Å². The number of benzene rings is 1. The maximum absolute atomic E-state index is 3.95. The minimum atomic E-state index is 1.18. The summed E-state index contributed by atoms with van der Waals surface area (Å²) in [7, 11) is 1.77. The lowest BCUT2D eigenvalue weighted by atomic mass is 10.1. The largest absolute Gasteiger partial charge is 0.296 e. The first-order valence-electron chi connectivity index (χ1n) is 5.67. The molecule has 0 saturated carbocycles. The summed E-state index contributed by atoms with van der Waals surface area (Å²) in [4.78, 5) is 3.95. The van der Waals surface area contributed by atoms with Gasteiger partial charge in [-0.3, -0.25) is 4.99 Å². The van der Waals surface area contributed by atoms with Gasteiger partial charge in [0.05, 0.1) is 0 Å². The van der Waals surface area contributed by atoms with Crippen molar-refractivity contribution in [2.24, 2.45) is 4.99 Å². The zero-order valence-corrected chi connectivity index (χ0v) is 10.9. The summed E-state index contributed by atoms with van der Waals surface area (Å²) in [5, 5.41) is 0. The van der Waals surface area contributed by atoms with Crippen LogP contribution in [0.2, 0.25) is 0 Å². The molecule has 0 aliphatic rings. The molecule has 0 atom stereocenters. The lowest BCUT2D eigenvalue weighted by molar-refractivity contribution is 1.47. The lowest BCUT2D eigenvalue weighted by Crippen LogP contribution is -1.80. The van der Waals surface area contributed by atoms with E-state index in [1.54, 1.807) is 13.1 Å². The Labute approximate surface area is 105 Å². The van der Waals surface area contributed by atoms with Gasteiger partial charge in [-0.05, 0) is 31.1 Å². The fourth-order valence-electron chi connectivity index (χ4n) is 1.21. The van der Waals surface area contributed by atoms with Crippen LogP contribution in [0.1, 0.15) is 19.4 Å². The molecule has 0 radical (unpaired) electrons. The smallest absolute Gasteiger partial charge is 0.0277 e. The van der Waals surface area contributed by atoms with Gasteiger partial charge in [0.1, 0.15) is 0 Å². The highest BCUT2D eigenvalue weighted by molar-refractivity contribution is 5.88. The highest BCUT2D eigenvalue weighted by atomic mass is 14.6. The molecule has 0 N–H and O–H groups in total. The zero-order valence-electron chi connectivity index (χ0n) is 10.9. The Hall–Kier alpha value is -1.89. The van der Waals surface area contributed by atoms with Crippen molar-refractivity contribution in [2.75, 3.05) is 7.05 Å². The van der Waals surface area contributed by atoms with Crippen molar-refractivity contribution >= 4 is 11.8 Å². The molecule has 0 unspecified atom stereocenters. The zero-order chi connectivity index (χ0) is 12.9. The molecule has 1 heteroatoms. The van der Waals surface area contributed by atoms with Crippen LogP contribution < -0.4 is 0 Å². The first kappa shape index (κ1) is 15.1. The van der Waals surface area contributed by atoms with Gasteiger partial charge >= 0.3 is 0 Å². The Morgan fingerprint density at radius 1 is 1.18 bits per heavy atom. The van der Waals surface area contributed by atoms with Gasteiger partial charge in [0.15, 0.2) is 0 Å². The van der Waals surface area contributed by atoms with Crippen molar-refractivity contribution in [2.45, 2.75) is 13.8 Å². The van der Waals surface area contributed by atoms with Crippen molar-refractivity contribution in [1.82, 2.24) is 0 Å². The van der Waals surface area contributed by atoms with Crippen LogP contribution in [-0.2, 0) is 0 Å². The van der Waals surface area contributed by atoms with E-state index in [9.17, 15) is 0 Å². The van der Waals surface area contributed by atoms with Crippen LogP contribution >= 0.6 is 0 Å². The van der Waals surface area contributed by atoms with Crippen molar-refractivity contribution in [3.63, 3.8) is 0 Å². The third-order valence-electron chi connectivity index (χ3n) is 1.86. The Morgan fingerprint density at radius 2 is 1.76 bits per heavy atom. The number of hydrogen-bond donors (Lipinski definition) is 0. The standard InChI is InChI=1S/C13H15N.C3H6/c1-3-7-12(10-11-14-2)13-8-5-4-6-9-13;1-3-2/h3-11H,1-2H3;3H,1H2,2H3/b7-3-,12-10+,14-11?;. The van der Waals surface area contributed by atoms with E-state index in [2.05, 4.69) is 29.8 Å². The molecule has 0 fully saturated rings. The van der Waals surface area contributed by atoms with E-state index < -0.39 is 0 Å². The quantitative estimate of drug-likeness (QED) is 0.408. The van der Waals surface area contributed by atoms with Gasteiger partial charge in [0.2, 0.25) is 0 Å².